The van der Waals surface area contributed by atoms with Gasteiger partial charge in [0.2, 0.25) is 5.91 Å². The minimum atomic E-state index is -2.96. The zero-order chi connectivity index (χ0) is 16.4. The molecule has 0 radical (unpaired) electrons. The first kappa shape index (κ1) is 16.4. The molecule has 0 aliphatic carbocycles. The average molecular weight is 340 g/mol. The number of nitrogens with zero attached hydrogens (tertiary/aromatic N) is 2. The van der Waals surface area contributed by atoms with E-state index in [1.807, 2.05) is 6.92 Å². The Bertz CT molecular complexity index is 670. The van der Waals surface area contributed by atoms with E-state index in [1.165, 1.54) is 0 Å². The standard InChI is InChI=1S/C15H24N4O3S/c1-11-7-14(18-17-11)12-3-2-5-19(8-12)9-15(20)16-13-4-6-23(21,22)10-13/h7,12-13H,2-6,8-10H2,1H3,(H,16,20)(H,17,18)/t12-,13+/m0/s1. The number of likely N-dealkylation sites (tertiary alicyclic amines) is 1. The van der Waals surface area contributed by atoms with Crippen molar-refractivity contribution >= 4 is 15.7 Å². The Morgan fingerprint density at radius 3 is 2.96 bits per heavy atom. The summed E-state index contributed by atoms with van der Waals surface area (Å²) in [6.45, 7) is 4.04. The molecule has 3 heterocycles. The van der Waals surface area contributed by atoms with Gasteiger partial charge in [-0.2, -0.15) is 5.10 Å². The SMILES string of the molecule is Cc1cc([C@H]2CCCN(CC(=O)N[C@@H]3CCS(=O)(=O)C3)C2)n[nH]1. The van der Waals surface area contributed by atoms with Gasteiger partial charge in [-0.05, 0) is 38.8 Å². The minimum absolute atomic E-state index is 0.0773. The van der Waals surface area contributed by atoms with Crippen LogP contribution in [0.5, 0.6) is 0 Å². The number of carbonyl (C=O) groups is 1. The van der Waals surface area contributed by atoms with Crippen molar-refractivity contribution in [2.75, 3.05) is 31.1 Å². The molecule has 1 aromatic heterocycles. The smallest absolute Gasteiger partial charge is 0.234 e. The predicted molar refractivity (Wildman–Crippen MR) is 86.9 cm³/mol. The number of carbonyl (C=O) groups excluding carboxylic acids is 1. The number of hydrogen-bond acceptors (Lipinski definition) is 5. The van der Waals surface area contributed by atoms with Gasteiger partial charge in [0.05, 0.1) is 23.7 Å². The molecule has 23 heavy (non-hydrogen) atoms. The van der Waals surface area contributed by atoms with Crippen LogP contribution in [0.1, 0.15) is 36.6 Å². The fraction of sp³-hybridized carbons (Fsp3) is 0.733. The van der Waals surface area contributed by atoms with Gasteiger partial charge in [-0.15, -0.1) is 0 Å². The fourth-order valence-electron chi connectivity index (χ4n) is 3.47. The summed E-state index contributed by atoms with van der Waals surface area (Å²) >= 11 is 0. The molecule has 0 bridgehead atoms. The van der Waals surface area contributed by atoms with Crippen molar-refractivity contribution < 1.29 is 13.2 Å². The van der Waals surface area contributed by atoms with Crippen molar-refractivity contribution in [3.63, 3.8) is 0 Å². The number of sulfone groups is 1. The van der Waals surface area contributed by atoms with Gasteiger partial charge in [-0.3, -0.25) is 14.8 Å². The van der Waals surface area contributed by atoms with Gasteiger partial charge in [0.25, 0.3) is 0 Å². The lowest BCUT2D eigenvalue weighted by Gasteiger charge is -2.31. The van der Waals surface area contributed by atoms with Gasteiger partial charge in [0.15, 0.2) is 9.84 Å². The molecule has 1 aromatic rings. The molecule has 0 spiro atoms. The van der Waals surface area contributed by atoms with Crippen LogP contribution in [-0.2, 0) is 14.6 Å². The third-order valence-corrected chi connectivity index (χ3v) is 6.38. The first-order valence-corrected chi connectivity index (χ1v) is 9.97. The van der Waals surface area contributed by atoms with E-state index in [-0.39, 0.29) is 23.5 Å². The molecule has 7 nitrogen and oxygen atoms in total. The van der Waals surface area contributed by atoms with Crippen LogP contribution in [0.15, 0.2) is 6.07 Å². The number of aryl methyl sites for hydroxylation is 1. The quantitative estimate of drug-likeness (QED) is 0.816. The fourth-order valence-corrected chi connectivity index (χ4v) is 5.15. The lowest BCUT2D eigenvalue weighted by molar-refractivity contribution is -0.123. The molecular weight excluding hydrogens is 316 g/mol. The molecule has 0 saturated carbocycles. The average Bonchev–Trinajstić information content (AvgIpc) is 3.05. The number of aromatic amines is 1. The molecule has 8 heteroatoms. The molecule has 0 unspecified atom stereocenters. The largest absolute Gasteiger partial charge is 0.351 e. The molecule has 2 aliphatic heterocycles. The second-order valence-corrected chi connectivity index (χ2v) is 8.95. The molecule has 2 saturated heterocycles. The van der Waals surface area contributed by atoms with E-state index < -0.39 is 9.84 Å². The molecule has 3 rings (SSSR count). The molecule has 1 amide bonds. The molecule has 2 fully saturated rings. The van der Waals surface area contributed by atoms with E-state index in [0.717, 1.165) is 37.3 Å². The van der Waals surface area contributed by atoms with E-state index in [2.05, 4.69) is 26.5 Å². The predicted octanol–water partition coefficient (Wildman–Crippen LogP) is 0.201. The monoisotopic (exact) mass is 340 g/mol. The Labute approximate surface area is 136 Å². The maximum atomic E-state index is 12.2. The summed E-state index contributed by atoms with van der Waals surface area (Å²) in [6.07, 6.45) is 2.66. The highest BCUT2D eigenvalue weighted by Crippen LogP contribution is 2.25. The van der Waals surface area contributed by atoms with Crippen LogP contribution < -0.4 is 5.32 Å². The van der Waals surface area contributed by atoms with Crippen LogP contribution in [0, 0.1) is 6.92 Å². The van der Waals surface area contributed by atoms with Crippen molar-refractivity contribution in [2.24, 2.45) is 0 Å². The van der Waals surface area contributed by atoms with E-state index in [9.17, 15) is 13.2 Å². The summed E-state index contributed by atoms with van der Waals surface area (Å²) in [5.74, 6) is 0.537. The van der Waals surface area contributed by atoms with Crippen molar-refractivity contribution in [3.8, 4) is 0 Å². The number of hydrogen-bond donors (Lipinski definition) is 2. The molecule has 128 valence electrons. The maximum Gasteiger partial charge on any atom is 0.234 e. The summed E-state index contributed by atoms with van der Waals surface area (Å²) in [7, 11) is -2.96. The first-order chi connectivity index (χ1) is 10.9. The third-order valence-electron chi connectivity index (χ3n) is 4.61. The summed E-state index contributed by atoms with van der Waals surface area (Å²) in [4.78, 5) is 14.3. The first-order valence-electron chi connectivity index (χ1n) is 8.15. The van der Waals surface area contributed by atoms with E-state index in [4.69, 9.17) is 0 Å². The molecule has 2 atom stereocenters. The topological polar surface area (TPSA) is 95.2 Å². The number of rotatable bonds is 4. The Morgan fingerprint density at radius 2 is 2.30 bits per heavy atom. The van der Waals surface area contributed by atoms with Crippen LogP contribution in [0.4, 0.5) is 0 Å². The van der Waals surface area contributed by atoms with Gasteiger partial charge in [0.1, 0.15) is 0 Å². The second-order valence-electron chi connectivity index (χ2n) is 6.72. The lowest BCUT2D eigenvalue weighted by atomic mass is 9.94. The van der Waals surface area contributed by atoms with E-state index in [0.29, 0.717) is 18.9 Å². The Hall–Kier alpha value is -1.41. The highest BCUT2D eigenvalue weighted by molar-refractivity contribution is 7.91. The van der Waals surface area contributed by atoms with Crippen molar-refractivity contribution in [1.29, 1.82) is 0 Å². The van der Waals surface area contributed by atoms with Crippen LogP contribution in [0.25, 0.3) is 0 Å². The van der Waals surface area contributed by atoms with Gasteiger partial charge < -0.3 is 5.32 Å². The van der Waals surface area contributed by atoms with Crippen LogP contribution in [0.3, 0.4) is 0 Å². The minimum Gasteiger partial charge on any atom is -0.351 e. The number of aromatic nitrogens is 2. The third kappa shape index (κ3) is 4.32. The van der Waals surface area contributed by atoms with Gasteiger partial charge >= 0.3 is 0 Å². The summed E-state index contributed by atoms with van der Waals surface area (Å²) in [6, 6.07) is 1.85. The van der Waals surface area contributed by atoms with Crippen LogP contribution in [-0.4, -0.2) is 66.6 Å². The molecular formula is C15H24N4O3S. The maximum absolute atomic E-state index is 12.2. The number of amides is 1. The highest BCUT2D eigenvalue weighted by Gasteiger charge is 2.30. The van der Waals surface area contributed by atoms with Crippen molar-refractivity contribution in [2.45, 2.75) is 38.1 Å². The van der Waals surface area contributed by atoms with Gasteiger partial charge in [0, 0.05) is 24.2 Å². The van der Waals surface area contributed by atoms with Crippen LogP contribution in [0.2, 0.25) is 0 Å². The second kappa shape index (κ2) is 6.60. The summed E-state index contributed by atoms with van der Waals surface area (Å²) < 4.78 is 22.9. The summed E-state index contributed by atoms with van der Waals surface area (Å²) in [5.41, 5.74) is 2.12. The zero-order valence-corrected chi connectivity index (χ0v) is 14.2. The number of piperidine rings is 1. The van der Waals surface area contributed by atoms with Crippen molar-refractivity contribution in [1.82, 2.24) is 20.4 Å². The highest BCUT2D eigenvalue weighted by atomic mass is 32.2. The Balaban J connectivity index is 1.50. The molecule has 0 aromatic carbocycles. The Kier molecular flexibility index (Phi) is 4.72. The van der Waals surface area contributed by atoms with Gasteiger partial charge in [-0.25, -0.2) is 8.42 Å². The van der Waals surface area contributed by atoms with Gasteiger partial charge in [-0.1, -0.05) is 0 Å². The number of nitrogens with one attached hydrogen (secondary N) is 2. The van der Waals surface area contributed by atoms with E-state index in [1.54, 1.807) is 0 Å². The Morgan fingerprint density at radius 1 is 1.48 bits per heavy atom. The normalized spacial score (nSPS) is 27.9. The van der Waals surface area contributed by atoms with E-state index >= 15 is 0 Å². The molecule has 2 aliphatic rings. The molecule has 2 N–H and O–H groups in total. The lowest BCUT2D eigenvalue weighted by Crippen LogP contribution is -2.45. The van der Waals surface area contributed by atoms with Crippen LogP contribution >= 0.6 is 0 Å². The number of H-pyrrole nitrogens is 1. The van der Waals surface area contributed by atoms with Crippen molar-refractivity contribution in [3.05, 3.63) is 17.5 Å². The summed E-state index contributed by atoms with van der Waals surface area (Å²) in [5, 5.41) is 10.2. The zero-order valence-electron chi connectivity index (χ0n) is 13.4.